The van der Waals surface area contributed by atoms with Crippen molar-refractivity contribution in [3.8, 4) is 6.07 Å². The largest absolute Gasteiger partial charge is 0.449 e. The van der Waals surface area contributed by atoms with Crippen molar-refractivity contribution in [1.82, 2.24) is 0 Å². The summed E-state index contributed by atoms with van der Waals surface area (Å²) in [6.07, 6.45) is -1.06. The summed E-state index contributed by atoms with van der Waals surface area (Å²) in [5.41, 5.74) is 0.918. The Labute approximate surface area is 148 Å². The van der Waals surface area contributed by atoms with Crippen molar-refractivity contribution < 1.29 is 14.3 Å². The van der Waals surface area contributed by atoms with E-state index in [1.807, 2.05) is 6.07 Å². The molecule has 0 unspecified atom stereocenters. The van der Waals surface area contributed by atoms with E-state index in [2.05, 4.69) is 5.32 Å². The van der Waals surface area contributed by atoms with Crippen molar-refractivity contribution >= 4 is 40.8 Å². The molecule has 7 heteroatoms. The number of nitrogens with one attached hydrogen (secondary N) is 1. The average Bonchev–Trinajstić information content (AvgIpc) is 2.57. The number of nitrogens with zero attached hydrogens (tertiary/aromatic N) is 1. The van der Waals surface area contributed by atoms with Gasteiger partial charge in [-0.3, -0.25) is 4.79 Å². The smallest absolute Gasteiger partial charge is 0.340 e. The van der Waals surface area contributed by atoms with E-state index < -0.39 is 18.0 Å². The van der Waals surface area contributed by atoms with Gasteiger partial charge >= 0.3 is 5.97 Å². The van der Waals surface area contributed by atoms with Crippen molar-refractivity contribution in [3.05, 3.63) is 63.6 Å². The maximum Gasteiger partial charge on any atom is 0.340 e. The van der Waals surface area contributed by atoms with Gasteiger partial charge in [0, 0.05) is 5.69 Å². The van der Waals surface area contributed by atoms with Gasteiger partial charge in [-0.2, -0.15) is 5.26 Å². The summed E-state index contributed by atoms with van der Waals surface area (Å²) in [4.78, 5) is 24.2. The van der Waals surface area contributed by atoms with Gasteiger partial charge in [0.15, 0.2) is 6.10 Å². The number of anilines is 1. The van der Waals surface area contributed by atoms with E-state index in [0.29, 0.717) is 11.3 Å². The summed E-state index contributed by atoms with van der Waals surface area (Å²) in [5, 5.41) is 11.7. The Morgan fingerprint density at radius 2 is 1.92 bits per heavy atom. The highest BCUT2D eigenvalue weighted by atomic mass is 35.5. The van der Waals surface area contributed by atoms with Crippen LogP contribution < -0.4 is 5.32 Å². The molecule has 0 bridgehead atoms. The Kier molecular flexibility index (Phi) is 5.80. The molecule has 1 amide bonds. The molecule has 0 radical (unpaired) electrons. The fourth-order valence-electron chi connectivity index (χ4n) is 1.85. The third-order valence-electron chi connectivity index (χ3n) is 3.08. The van der Waals surface area contributed by atoms with E-state index >= 15 is 0 Å². The standard InChI is InChI=1S/C17H12Cl2N2O3/c1-10(16(22)21-12-5-2-4-11(8-12)9-20)24-17(23)13-6-3-7-14(18)15(13)19/h2-8,10H,1H3,(H,21,22)/t10-/m0/s1. The van der Waals surface area contributed by atoms with E-state index in [-0.39, 0.29) is 15.6 Å². The highest BCUT2D eigenvalue weighted by molar-refractivity contribution is 6.43. The quantitative estimate of drug-likeness (QED) is 0.832. The van der Waals surface area contributed by atoms with E-state index in [4.69, 9.17) is 33.2 Å². The predicted molar refractivity (Wildman–Crippen MR) is 91.1 cm³/mol. The van der Waals surface area contributed by atoms with Crippen LogP contribution in [0.4, 0.5) is 5.69 Å². The number of carbonyl (C=O) groups is 2. The minimum atomic E-state index is -1.06. The molecule has 0 fully saturated rings. The Bertz CT molecular complexity index is 831. The van der Waals surface area contributed by atoms with Crippen LogP contribution in [0.2, 0.25) is 10.0 Å². The number of carbonyl (C=O) groups excluding carboxylic acids is 2. The molecule has 0 aliphatic rings. The topological polar surface area (TPSA) is 79.2 Å². The van der Waals surface area contributed by atoms with Crippen LogP contribution in [-0.4, -0.2) is 18.0 Å². The third-order valence-corrected chi connectivity index (χ3v) is 3.90. The van der Waals surface area contributed by atoms with E-state index in [9.17, 15) is 9.59 Å². The van der Waals surface area contributed by atoms with Crippen LogP contribution in [-0.2, 0) is 9.53 Å². The zero-order chi connectivity index (χ0) is 17.7. The van der Waals surface area contributed by atoms with Crippen molar-refractivity contribution in [2.75, 3.05) is 5.32 Å². The fourth-order valence-corrected chi connectivity index (χ4v) is 2.23. The summed E-state index contributed by atoms with van der Waals surface area (Å²) >= 11 is 11.8. The number of hydrogen-bond acceptors (Lipinski definition) is 4. The van der Waals surface area contributed by atoms with Gasteiger partial charge in [-0.15, -0.1) is 0 Å². The van der Waals surface area contributed by atoms with Gasteiger partial charge in [0.2, 0.25) is 0 Å². The van der Waals surface area contributed by atoms with Crippen LogP contribution >= 0.6 is 23.2 Å². The molecule has 122 valence electrons. The van der Waals surface area contributed by atoms with Crippen LogP contribution in [0.25, 0.3) is 0 Å². The zero-order valence-corrected chi connectivity index (χ0v) is 14.1. The molecule has 1 atom stereocenters. The molecule has 2 rings (SSSR count). The summed E-state index contributed by atoms with van der Waals surface area (Å²) in [7, 11) is 0. The first-order chi connectivity index (χ1) is 11.4. The Morgan fingerprint density at radius 3 is 2.62 bits per heavy atom. The lowest BCUT2D eigenvalue weighted by Crippen LogP contribution is -2.30. The van der Waals surface area contributed by atoms with Gasteiger partial charge in [-0.1, -0.05) is 35.3 Å². The predicted octanol–water partition coefficient (Wildman–Crippen LogP) is 4.05. The highest BCUT2D eigenvalue weighted by Gasteiger charge is 2.21. The molecule has 0 saturated carbocycles. The summed E-state index contributed by atoms with van der Waals surface area (Å²) in [5.74, 6) is -1.28. The lowest BCUT2D eigenvalue weighted by Gasteiger charge is -2.14. The Balaban J connectivity index is 2.04. The van der Waals surface area contributed by atoms with Crippen molar-refractivity contribution in [2.24, 2.45) is 0 Å². The molecule has 0 aromatic heterocycles. The van der Waals surface area contributed by atoms with Crippen LogP contribution in [0.3, 0.4) is 0 Å². The van der Waals surface area contributed by atoms with Crippen molar-refractivity contribution in [3.63, 3.8) is 0 Å². The van der Waals surface area contributed by atoms with E-state index in [0.717, 1.165) is 0 Å². The van der Waals surface area contributed by atoms with Gasteiger partial charge in [0.1, 0.15) is 0 Å². The first kappa shape index (κ1) is 17.8. The molecule has 1 N–H and O–H groups in total. The molecule has 0 saturated heterocycles. The van der Waals surface area contributed by atoms with Crippen molar-refractivity contribution in [1.29, 1.82) is 5.26 Å². The molecule has 2 aromatic rings. The molecule has 24 heavy (non-hydrogen) atoms. The second-order valence-corrected chi connectivity index (χ2v) is 5.62. The zero-order valence-electron chi connectivity index (χ0n) is 12.5. The SMILES string of the molecule is C[C@H](OC(=O)c1cccc(Cl)c1Cl)C(=O)Nc1cccc(C#N)c1. The van der Waals surface area contributed by atoms with Crippen molar-refractivity contribution in [2.45, 2.75) is 13.0 Å². The second kappa shape index (κ2) is 7.82. The maximum absolute atomic E-state index is 12.1. The van der Waals surface area contributed by atoms with Crippen LogP contribution in [0.1, 0.15) is 22.8 Å². The highest BCUT2D eigenvalue weighted by Crippen LogP contribution is 2.26. The minimum Gasteiger partial charge on any atom is -0.449 e. The van der Waals surface area contributed by atoms with Gasteiger partial charge in [0.05, 0.1) is 27.2 Å². The number of hydrogen-bond donors (Lipinski definition) is 1. The second-order valence-electron chi connectivity index (χ2n) is 4.83. The van der Waals surface area contributed by atoms with Gasteiger partial charge < -0.3 is 10.1 Å². The summed E-state index contributed by atoms with van der Waals surface area (Å²) in [6.45, 7) is 1.43. The lowest BCUT2D eigenvalue weighted by molar-refractivity contribution is -0.123. The number of rotatable bonds is 4. The van der Waals surface area contributed by atoms with Gasteiger partial charge in [0.25, 0.3) is 5.91 Å². The molecule has 0 aliphatic carbocycles. The number of halogens is 2. The maximum atomic E-state index is 12.1. The molecule has 0 aliphatic heterocycles. The van der Waals surface area contributed by atoms with Crippen LogP contribution in [0.15, 0.2) is 42.5 Å². The number of ether oxygens (including phenoxy) is 1. The minimum absolute atomic E-state index is 0.0681. The molecular weight excluding hydrogens is 351 g/mol. The van der Waals surface area contributed by atoms with Crippen LogP contribution in [0, 0.1) is 11.3 Å². The number of esters is 1. The van der Waals surface area contributed by atoms with Gasteiger partial charge in [-0.25, -0.2) is 4.79 Å². The van der Waals surface area contributed by atoms with E-state index in [1.54, 1.807) is 30.3 Å². The normalized spacial score (nSPS) is 11.2. The molecule has 2 aromatic carbocycles. The van der Waals surface area contributed by atoms with Gasteiger partial charge in [-0.05, 0) is 37.3 Å². The summed E-state index contributed by atoms with van der Waals surface area (Å²) in [6, 6.07) is 12.9. The number of benzene rings is 2. The number of amides is 1. The van der Waals surface area contributed by atoms with Crippen LogP contribution in [0.5, 0.6) is 0 Å². The first-order valence-corrected chi connectivity index (χ1v) is 7.64. The third kappa shape index (κ3) is 4.25. The number of nitriles is 1. The van der Waals surface area contributed by atoms with E-state index in [1.165, 1.54) is 19.1 Å². The Hall–Kier alpha value is -2.55. The Morgan fingerprint density at radius 1 is 1.21 bits per heavy atom. The summed E-state index contributed by atoms with van der Waals surface area (Å²) < 4.78 is 5.10. The fraction of sp³-hybridized carbons (Fsp3) is 0.118. The molecule has 0 heterocycles. The molecular formula is C17H12Cl2N2O3. The molecule has 5 nitrogen and oxygen atoms in total. The first-order valence-electron chi connectivity index (χ1n) is 6.88. The molecule has 0 spiro atoms. The monoisotopic (exact) mass is 362 g/mol. The lowest BCUT2D eigenvalue weighted by atomic mass is 10.2. The average molecular weight is 363 g/mol.